The van der Waals surface area contributed by atoms with Crippen LogP contribution in [0.25, 0.3) is 10.9 Å². The van der Waals surface area contributed by atoms with Crippen LogP contribution in [0.15, 0.2) is 36.5 Å². The van der Waals surface area contributed by atoms with E-state index in [0.717, 1.165) is 14.9 Å². The Labute approximate surface area is 131 Å². The SMILES string of the molecule is Cn1cc(C(CN)c2ccc(Cl)s2)c2ccc(Cl)cc21. The molecular weight excluding hydrogens is 311 g/mol. The van der Waals surface area contributed by atoms with E-state index >= 15 is 0 Å². The summed E-state index contributed by atoms with van der Waals surface area (Å²) < 4.78 is 2.88. The highest BCUT2D eigenvalue weighted by Gasteiger charge is 2.19. The van der Waals surface area contributed by atoms with E-state index in [4.69, 9.17) is 28.9 Å². The average Bonchev–Trinajstić information content (AvgIpc) is 2.97. The van der Waals surface area contributed by atoms with Gasteiger partial charge in [-0.2, -0.15) is 0 Å². The van der Waals surface area contributed by atoms with Gasteiger partial charge >= 0.3 is 0 Å². The first-order valence-electron chi connectivity index (χ1n) is 6.30. The van der Waals surface area contributed by atoms with E-state index in [1.54, 1.807) is 11.3 Å². The van der Waals surface area contributed by atoms with Gasteiger partial charge < -0.3 is 10.3 Å². The Balaban J connectivity index is 2.17. The standard InChI is InChI=1S/C15H14Cl2N2S/c1-19-8-12(10-3-2-9(16)6-13(10)19)11(7-18)14-4-5-15(17)20-14/h2-6,8,11H,7,18H2,1H3. The molecule has 0 spiro atoms. The fourth-order valence-electron chi connectivity index (χ4n) is 2.58. The van der Waals surface area contributed by atoms with Gasteiger partial charge in [-0.1, -0.05) is 29.3 Å². The maximum Gasteiger partial charge on any atom is 0.0931 e. The minimum absolute atomic E-state index is 0.164. The Kier molecular flexibility index (Phi) is 3.78. The van der Waals surface area contributed by atoms with Gasteiger partial charge in [-0.05, 0) is 29.8 Å². The molecule has 5 heteroatoms. The second-order valence-corrected chi connectivity index (χ2v) is 6.97. The molecule has 2 N–H and O–H groups in total. The van der Waals surface area contributed by atoms with Crippen molar-refractivity contribution in [1.82, 2.24) is 4.57 Å². The van der Waals surface area contributed by atoms with Crippen molar-refractivity contribution in [3.63, 3.8) is 0 Å². The normalized spacial score (nSPS) is 13.0. The van der Waals surface area contributed by atoms with Crippen LogP contribution in [-0.4, -0.2) is 11.1 Å². The molecule has 0 saturated heterocycles. The maximum atomic E-state index is 6.08. The predicted molar refractivity (Wildman–Crippen MR) is 88.2 cm³/mol. The van der Waals surface area contributed by atoms with Crippen LogP contribution in [0.2, 0.25) is 9.36 Å². The number of nitrogens with two attached hydrogens (primary N) is 1. The summed E-state index contributed by atoms with van der Waals surface area (Å²) in [5, 5.41) is 1.94. The molecule has 20 heavy (non-hydrogen) atoms. The molecule has 0 aliphatic carbocycles. The summed E-state index contributed by atoms with van der Waals surface area (Å²) in [4.78, 5) is 1.19. The summed E-state index contributed by atoms with van der Waals surface area (Å²) in [6, 6.07) is 9.94. The molecule has 2 nitrogen and oxygen atoms in total. The summed E-state index contributed by atoms with van der Waals surface area (Å²) in [5.74, 6) is 0.164. The van der Waals surface area contributed by atoms with Gasteiger partial charge in [-0.15, -0.1) is 11.3 Å². The van der Waals surface area contributed by atoms with Crippen molar-refractivity contribution in [2.45, 2.75) is 5.92 Å². The van der Waals surface area contributed by atoms with Gasteiger partial charge in [0, 0.05) is 46.5 Å². The molecule has 1 atom stereocenters. The minimum atomic E-state index is 0.164. The fraction of sp³-hybridized carbons (Fsp3) is 0.200. The Morgan fingerprint density at radius 3 is 2.70 bits per heavy atom. The number of aromatic nitrogens is 1. The Morgan fingerprint density at radius 1 is 1.25 bits per heavy atom. The maximum absolute atomic E-state index is 6.08. The molecule has 0 radical (unpaired) electrons. The van der Waals surface area contributed by atoms with Crippen molar-refractivity contribution in [2.24, 2.45) is 12.8 Å². The average molecular weight is 325 g/mol. The number of nitrogens with zero attached hydrogens (tertiary/aromatic N) is 1. The zero-order valence-corrected chi connectivity index (χ0v) is 13.3. The van der Waals surface area contributed by atoms with Crippen molar-refractivity contribution in [1.29, 1.82) is 0 Å². The lowest BCUT2D eigenvalue weighted by Crippen LogP contribution is -2.12. The predicted octanol–water partition coefficient (Wildman–Crippen LogP) is 4.64. The quantitative estimate of drug-likeness (QED) is 0.747. The fourth-order valence-corrected chi connectivity index (χ4v) is 3.94. The number of rotatable bonds is 3. The summed E-state index contributed by atoms with van der Waals surface area (Å²) >= 11 is 13.7. The van der Waals surface area contributed by atoms with Crippen LogP contribution in [-0.2, 0) is 7.05 Å². The van der Waals surface area contributed by atoms with Gasteiger partial charge in [0.05, 0.1) is 4.34 Å². The minimum Gasteiger partial charge on any atom is -0.350 e. The van der Waals surface area contributed by atoms with E-state index in [9.17, 15) is 0 Å². The first-order valence-corrected chi connectivity index (χ1v) is 7.87. The van der Waals surface area contributed by atoms with Crippen LogP contribution >= 0.6 is 34.5 Å². The Morgan fingerprint density at radius 2 is 2.05 bits per heavy atom. The van der Waals surface area contributed by atoms with Crippen LogP contribution < -0.4 is 5.73 Å². The highest BCUT2D eigenvalue weighted by Crippen LogP contribution is 2.36. The molecule has 1 aromatic carbocycles. The number of hydrogen-bond acceptors (Lipinski definition) is 2. The topological polar surface area (TPSA) is 30.9 Å². The van der Waals surface area contributed by atoms with E-state index in [1.165, 1.54) is 15.8 Å². The summed E-state index contributed by atoms with van der Waals surface area (Å²) in [6.45, 7) is 0.554. The molecule has 0 saturated carbocycles. The lowest BCUT2D eigenvalue weighted by Gasteiger charge is -2.12. The third-order valence-electron chi connectivity index (χ3n) is 3.53. The van der Waals surface area contributed by atoms with Crippen LogP contribution in [0.4, 0.5) is 0 Å². The first-order chi connectivity index (χ1) is 9.60. The van der Waals surface area contributed by atoms with E-state index in [1.807, 2.05) is 25.2 Å². The highest BCUT2D eigenvalue weighted by atomic mass is 35.5. The number of aryl methyl sites for hydroxylation is 1. The van der Waals surface area contributed by atoms with Crippen LogP contribution in [0.5, 0.6) is 0 Å². The number of halogens is 2. The molecule has 2 aromatic heterocycles. The van der Waals surface area contributed by atoms with Crippen LogP contribution in [0.1, 0.15) is 16.4 Å². The van der Waals surface area contributed by atoms with Crippen molar-refractivity contribution < 1.29 is 0 Å². The molecule has 0 aliphatic heterocycles. The highest BCUT2D eigenvalue weighted by molar-refractivity contribution is 7.16. The lowest BCUT2D eigenvalue weighted by atomic mass is 9.97. The van der Waals surface area contributed by atoms with Crippen molar-refractivity contribution in [3.05, 3.63) is 56.3 Å². The second-order valence-electron chi connectivity index (χ2n) is 4.79. The van der Waals surface area contributed by atoms with Crippen molar-refractivity contribution >= 4 is 45.4 Å². The summed E-state index contributed by atoms with van der Waals surface area (Å²) in [6.07, 6.45) is 2.13. The van der Waals surface area contributed by atoms with Crippen LogP contribution in [0.3, 0.4) is 0 Å². The van der Waals surface area contributed by atoms with Crippen LogP contribution in [0, 0.1) is 0 Å². The van der Waals surface area contributed by atoms with Gasteiger partial charge in [-0.25, -0.2) is 0 Å². The number of hydrogen-bond donors (Lipinski definition) is 1. The van der Waals surface area contributed by atoms with Crippen molar-refractivity contribution in [2.75, 3.05) is 6.54 Å². The molecule has 0 fully saturated rings. The van der Waals surface area contributed by atoms with E-state index in [2.05, 4.69) is 22.9 Å². The van der Waals surface area contributed by atoms with E-state index < -0.39 is 0 Å². The van der Waals surface area contributed by atoms with E-state index in [-0.39, 0.29) is 5.92 Å². The lowest BCUT2D eigenvalue weighted by molar-refractivity contribution is 0.831. The molecule has 0 amide bonds. The largest absolute Gasteiger partial charge is 0.350 e. The summed E-state index contributed by atoms with van der Waals surface area (Å²) in [7, 11) is 2.02. The third-order valence-corrected chi connectivity index (χ3v) is 5.11. The molecule has 3 rings (SSSR count). The number of thiophene rings is 1. The molecule has 0 bridgehead atoms. The number of fused-ring (bicyclic) bond motifs is 1. The van der Waals surface area contributed by atoms with Crippen molar-refractivity contribution in [3.8, 4) is 0 Å². The molecule has 3 aromatic rings. The smallest absolute Gasteiger partial charge is 0.0931 e. The van der Waals surface area contributed by atoms with Gasteiger partial charge in [-0.3, -0.25) is 0 Å². The molecule has 0 aliphatic rings. The summed E-state index contributed by atoms with van der Waals surface area (Å²) in [5.41, 5.74) is 8.35. The molecule has 2 heterocycles. The second kappa shape index (κ2) is 5.41. The third kappa shape index (κ3) is 2.35. The zero-order valence-electron chi connectivity index (χ0n) is 10.9. The van der Waals surface area contributed by atoms with Gasteiger partial charge in [0.1, 0.15) is 0 Å². The molecule has 1 unspecified atom stereocenters. The van der Waals surface area contributed by atoms with Gasteiger partial charge in [0.2, 0.25) is 0 Å². The zero-order chi connectivity index (χ0) is 14.3. The number of benzene rings is 1. The van der Waals surface area contributed by atoms with Gasteiger partial charge in [0.25, 0.3) is 0 Å². The van der Waals surface area contributed by atoms with E-state index in [0.29, 0.717) is 6.54 Å². The first kappa shape index (κ1) is 14.0. The van der Waals surface area contributed by atoms with Gasteiger partial charge in [0.15, 0.2) is 0 Å². The Hall–Kier alpha value is -1.00. The molecular formula is C15H14Cl2N2S. The Bertz CT molecular complexity index is 760. The monoisotopic (exact) mass is 324 g/mol. The molecule has 104 valence electrons.